The van der Waals surface area contributed by atoms with Crippen LogP contribution in [0.2, 0.25) is 0 Å². The van der Waals surface area contributed by atoms with Crippen LogP contribution in [0.3, 0.4) is 0 Å². The Kier molecular flexibility index (Phi) is 6.90. The van der Waals surface area contributed by atoms with E-state index in [9.17, 15) is 4.79 Å². The van der Waals surface area contributed by atoms with Crippen molar-refractivity contribution in [1.29, 1.82) is 0 Å². The first-order valence-corrected chi connectivity index (χ1v) is 12.5. The van der Waals surface area contributed by atoms with Gasteiger partial charge in [0, 0.05) is 32.2 Å². The third-order valence-corrected chi connectivity index (χ3v) is 6.86. The predicted molar refractivity (Wildman–Crippen MR) is 133 cm³/mol. The van der Waals surface area contributed by atoms with Crippen LogP contribution in [-0.2, 0) is 16.1 Å². The fraction of sp³-hybridized carbons (Fsp3) is 0.500. The average molecular weight is 500 g/mol. The van der Waals surface area contributed by atoms with Gasteiger partial charge in [-0.3, -0.25) is 15.2 Å². The Hall–Kier alpha value is -3.13. The summed E-state index contributed by atoms with van der Waals surface area (Å²) >= 11 is 1.43. The van der Waals surface area contributed by atoms with Gasteiger partial charge in [0.25, 0.3) is 0 Å². The van der Waals surface area contributed by atoms with Gasteiger partial charge in [-0.25, -0.2) is 14.8 Å². The molecule has 0 saturated carbocycles. The highest BCUT2D eigenvalue weighted by Gasteiger charge is 2.29. The van der Waals surface area contributed by atoms with Crippen LogP contribution in [0, 0.1) is 6.92 Å². The van der Waals surface area contributed by atoms with Crippen LogP contribution >= 0.6 is 11.3 Å². The Morgan fingerprint density at radius 1 is 1.23 bits per heavy atom. The first kappa shape index (κ1) is 23.6. The maximum Gasteiger partial charge on any atom is 0.430 e. The van der Waals surface area contributed by atoms with Gasteiger partial charge in [-0.2, -0.15) is 4.98 Å². The fourth-order valence-electron chi connectivity index (χ4n) is 4.36. The zero-order valence-electron chi connectivity index (χ0n) is 19.8. The summed E-state index contributed by atoms with van der Waals surface area (Å²) in [5, 5.41) is 4.48. The summed E-state index contributed by atoms with van der Waals surface area (Å²) in [7, 11) is 0. The number of morpholine rings is 1. The molecule has 0 aromatic carbocycles. The zero-order valence-corrected chi connectivity index (χ0v) is 20.6. The highest BCUT2D eigenvalue weighted by atomic mass is 32.1. The summed E-state index contributed by atoms with van der Waals surface area (Å²) in [6.07, 6.45) is -0.537. The second-order valence-electron chi connectivity index (χ2n) is 8.67. The molecule has 0 aliphatic carbocycles. The molecule has 2 aliphatic rings. The van der Waals surface area contributed by atoms with Crippen molar-refractivity contribution in [3.05, 3.63) is 29.0 Å². The molecule has 5 rings (SSSR count). The lowest BCUT2D eigenvalue weighted by atomic mass is 10.2. The molecule has 3 aromatic rings. The van der Waals surface area contributed by atoms with Crippen molar-refractivity contribution < 1.29 is 14.4 Å². The van der Waals surface area contributed by atoms with Gasteiger partial charge in [-0.1, -0.05) is 0 Å². The topological polar surface area (TPSA) is 135 Å². The lowest BCUT2D eigenvalue weighted by Gasteiger charge is -2.39. The molecule has 2 fully saturated rings. The minimum absolute atomic E-state index is 0.0265. The molecule has 1 atom stereocenters. The van der Waals surface area contributed by atoms with E-state index in [1.54, 1.807) is 10.6 Å². The van der Waals surface area contributed by atoms with E-state index in [2.05, 4.69) is 35.1 Å². The lowest BCUT2D eigenvalue weighted by molar-refractivity contribution is -0.103. The number of nitrogen functional groups attached to an aromatic ring is 1. The number of ether oxygens (including phenoxy) is 1. The molecule has 13 heteroatoms. The van der Waals surface area contributed by atoms with Gasteiger partial charge in [-0.15, -0.1) is 16.4 Å². The van der Waals surface area contributed by atoms with E-state index in [4.69, 9.17) is 15.3 Å². The molecule has 3 N–H and O–H groups in total. The number of nitrogens with zero attached hydrogens (tertiary/aromatic N) is 7. The van der Waals surface area contributed by atoms with Crippen molar-refractivity contribution in [3.63, 3.8) is 0 Å². The molecular formula is C22H29N9O3S. The number of carbonyl (C=O) groups excluding carboxylic acids is 1. The van der Waals surface area contributed by atoms with Gasteiger partial charge in [0.15, 0.2) is 10.6 Å². The summed E-state index contributed by atoms with van der Waals surface area (Å²) in [5.74, 6) is 0.936. The van der Waals surface area contributed by atoms with Crippen molar-refractivity contribution in [1.82, 2.24) is 29.9 Å². The van der Waals surface area contributed by atoms with Crippen molar-refractivity contribution in [3.8, 4) is 0 Å². The minimum atomic E-state index is -0.537. The third kappa shape index (κ3) is 5.42. The molecular weight excluding hydrogens is 470 g/mol. The largest absolute Gasteiger partial charge is 0.430 e. The second-order valence-corrected chi connectivity index (χ2v) is 9.50. The van der Waals surface area contributed by atoms with E-state index >= 15 is 0 Å². The summed E-state index contributed by atoms with van der Waals surface area (Å²) in [4.78, 5) is 41.1. The number of anilines is 3. The summed E-state index contributed by atoms with van der Waals surface area (Å²) < 4.78 is 5.40. The number of aromatic nitrogens is 4. The first-order valence-electron chi connectivity index (χ1n) is 11.6. The Bertz CT molecular complexity index is 1200. The Morgan fingerprint density at radius 3 is 2.83 bits per heavy atom. The van der Waals surface area contributed by atoms with Crippen LogP contribution in [0.1, 0.15) is 18.3 Å². The molecule has 5 heterocycles. The number of aryl methyl sites for hydroxylation is 1. The van der Waals surface area contributed by atoms with E-state index < -0.39 is 6.09 Å². The van der Waals surface area contributed by atoms with Crippen LogP contribution in [0.4, 0.5) is 22.2 Å². The van der Waals surface area contributed by atoms with Gasteiger partial charge in [0.05, 0.1) is 48.9 Å². The Morgan fingerprint density at radius 2 is 2.06 bits per heavy atom. The number of pyridine rings is 1. The van der Waals surface area contributed by atoms with Crippen molar-refractivity contribution in [2.45, 2.75) is 26.4 Å². The van der Waals surface area contributed by atoms with Gasteiger partial charge in [-0.05, 0) is 26.0 Å². The maximum absolute atomic E-state index is 12.6. The smallest absolute Gasteiger partial charge is 0.379 e. The number of thiazole rings is 1. The van der Waals surface area contributed by atoms with E-state index in [-0.39, 0.29) is 12.0 Å². The summed E-state index contributed by atoms with van der Waals surface area (Å²) in [6.45, 7) is 9.63. The van der Waals surface area contributed by atoms with Crippen molar-refractivity contribution in [2.24, 2.45) is 0 Å². The van der Waals surface area contributed by atoms with E-state index in [1.165, 1.54) is 11.3 Å². The number of rotatable bonds is 5. The highest BCUT2D eigenvalue weighted by Crippen LogP contribution is 2.28. The number of piperazine rings is 1. The van der Waals surface area contributed by atoms with Crippen LogP contribution < -0.4 is 16.0 Å². The van der Waals surface area contributed by atoms with Crippen LogP contribution in [-0.4, -0.2) is 88.0 Å². The third-order valence-electron chi connectivity index (χ3n) is 6.14. The predicted octanol–water partition coefficient (Wildman–Crippen LogP) is 1.88. The van der Waals surface area contributed by atoms with E-state index in [0.29, 0.717) is 31.1 Å². The summed E-state index contributed by atoms with van der Waals surface area (Å²) in [5.41, 5.74) is 10.7. The van der Waals surface area contributed by atoms with Crippen LogP contribution in [0.5, 0.6) is 0 Å². The molecule has 0 spiro atoms. The number of nitrogens with two attached hydrogens (primary N) is 1. The fourth-order valence-corrected chi connectivity index (χ4v) is 5.02. The SMILES string of the molecule is Cc1nc(CN2CCOCC2)ccc1NC(=O)ON1CCN(c2nc(N)nc3scnc23)[C@@H](C)C1. The van der Waals surface area contributed by atoms with E-state index in [0.717, 1.165) is 54.6 Å². The lowest BCUT2D eigenvalue weighted by Crippen LogP contribution is -2.53. The number of hydrogen-bond acceptors (Lipinski definition) is 12. The molecule has 35 heavy (non-hydrogen) atoms. The monoisotopic (exact) mass is 499 g/mol. The van der Waals surface area contributed by atoms with Gasteiger partial charge < -0.3 is 20.2 Å². The van der Waals surface area contributed by atoms with Gasteiger partial charge >= 0.3 is 6.09 Å². The maximum atomic E-state index is 12.6. The molecule has 0 bridgehead atoms. The molecule has 186 valence electrons. The van der Waals surface area contributed by atoms with Crippen LogP contribution in [0.25, 0.3) is 10.3 Å². The number of carbonyl (C=O) groups is 1. The molecule has 0 radical (unpaired) electrons. The molecule has 0 unspecified atom stereocenters. The van der Waals surface area contributed by atoms with Crippen molar-refractivity contribution in [2.75, 3.05) is 61.9 Å². The molecule has 2 aliphatic heterocycles. The number of fused-ring (bicyclic) bond motifs is 1. The van der Waals surface area contributed by atoms with Gasteiger partial charge in [0.1, 0.15) is 5.52 Å². The molecule has 3 aromatic heterocycles. The minimum Gasteiger partial charge on any atom is -0.379 e. The first-order chi connectivity index (χ1) is 17.0. The summed E-state index contributed by atoms with van der Waals surface area (Å²) in [6, 6.07) is 3.84. The number of amides is 1. The standard InChI is InChI=1S/C22H29N9O3S/c1-14-11-30(5-6-31(14)19-18-20(35-13-24-18)28-21(23)27-19)34-22(32)26-17-4-3-16(25-15(17)2)12-29-7-9-33-10-8-29/h3-4,13-14H,5-12H2,1-2H3,(H,26,32)(H2,23,27,28)/t14-/m0/s1. The van der Waals surface area contributed by atoms with Crippen molar-refractivity contribution >= 4 is 45.2 Å². The van der Waals surface area contributed by atoms with E-state index in [1.807, 2.05) is 26.0 Å². The van der Waals surface area contributed by atoms with Gasteiger partial charge in [0.2, 0.25) is 5.95 Å². The van der Waals surface area contributed by atoms with Crippen LogP contribution in [0.15, 0.2) is 17.6 Å². The quantitative estimate of drug-likeness (QED) is 0.533. The average Bonchev–Trinajstić information content (AvgIpc) is 3.30. The highest BCUT2D eigenvalue weighted by molar-refractivity contribution is 7.16. The Labute approximate surface area is 207 Å². The number of hydroxylamine groups is 2. The Balaban J connectivity index is 1.16. The second kappa shape index (κ2) is 10.2. The molecule has 2 saturated heterocycles. The normalized spacial score (nSPS) is 19.7. The molecule has 1 amide bonds. The number of nitrogens with one attached hydrogen (secondary N) is 1. The molecule has 12 nitrogen and oxygen atoms in total. The zero-order chi connectivity index (χ0) is 24.4. The number of hydrogen-bond donors (Lipinski definition) is 2.